The lowest BCUT2D eigenvalue weighted by Crippen LogP contribution is -2.33. The fraction of sp³-hybridized carbons (Fsp3) is 0.455. The third kappa shape index (κ3) is 5.66. The molecule has 2 unspecified atom stereocenters. The number of methoxy groups -OCH3 is 1. The molecule has 3 rings (SSSR count). The Balaban J connectivity index is 1.92. The number of aromatic nitrogens is 2. The van der Waals surface area contributed by atoms with Crippen molar-refractivity contribution in [3.05, 3.63) is 40.5 Å². The van der Waals surface area contributed by atoms with Gasteiger partial charge in [0, 0.05) is 37.2 Å². The maximum absolute atomic E-state index is 11.4. The SMILES string of the molecule is COc1ccc(CNc2nc(N3CCCC3CO)ncc2C(CC=O)CC(=O)O)cc1Cl. The summed E-state index contributed by atoms with van der Waals surface area (Å²) in [6.45, 7) is 1.10. The van der Waals surface area contributed by atoms with Gasteiger partial charge in [0.2, 0.25) is 5.95 Å². The van der Waals surface area contributed by atoms with Crippen molar-refractivity contribution in [3.8, 4) is 5.75 Å². The summed E-state index contributed by atoms with van der Waals surface area (Å²) in [4.78, 5) is 33.6. The molecule has 0 amide bonds. The standard InChI is InChI=1S/C22H27ClN4O5/c1-32-19-5-4-14(9-18(19)23)11-24-21-17(15(6-8-28)10-20(30)31)12-25-22(26-21)27-7-2-3-16(27)13-29/h4-5,8-9,12,15-16,29H,2-3,6-7,10-11,13H2,1H3,(H,30,31)(H,24,25,26). The highest BCUT2D eigenvalue weighted by Gasteiger charge is 2.28. The molecule has 172 valence electrons. The molecule has 32 heavy (non-hydrogen) atoms. The minimum atomic E-state index is -1.01. The maximum atomic E-state index is 11.4. The van der Waals surface area contributed by atoms with Gasteiger partial charge in [0.05, 0.1) is 31.2 Å². The summed E-state index contributed by atoms with van der Waals surface area (Å²) in [5.74, 6) is -0.0849. The van der Waals surface area contributed by atoms with Gasteiger partial charge < -0.3 is 30.0 Å². The van der Waals surface area contributed by atoms with Crippen molar-refractivity contribution in [3.63, 3.8) is 0 Å². The summed E-state index contributed by atoms with van der Waals surface area (Å²) in [5.41, 5.74) is 1.43. The lowest BCUT2D eigenvalue weighted by atomic mass is 9.94. The van der Waals surface area contributed by atoms with Gasteiger partial charge in [-0.3, -0.25) is 4.79 Å². The van der Waals surface area contributed by atoms with Crippen LogP contribution < -0.4 is 15.0 Å². The molecular formula is C22H27ClN4O5. The van der Waals surface area contributed by atoms with E-state index in [1.54, 1.807) is 25.4 Å². The number of hydrogen-bond acceptors (Lipinski definition) is 8. The Hall–Kier alpha value is -2.91. The maximum Gasteiger partial charge on any atom is 0.303 e. The quantitative estimate of drug-likeness (QED) is 0.432. The first-order valence-electron chi connectivity index (χ1n) is 10.4. The zero-order chi connectivity index (χ0) is 23.1. The fourth-order valence-electron chi connectivity index (χ4n) is 3.90. The van der Waals surface area contributed by atoms with Crippen LogP contribution in [-0.4, -0.2) is 58.7 Å². The summed E-state index contributed by atoms with van der Waals surface area (Å²) in [6, 6.07) is 5.35. The fourth-order valence-corrected chi connectivity index (χ4v) is 4.18. The number of rotatable bonds is 11. The van der Waals surface area contributed by atoms with Crippen LogP contribution in [0.4, 0.5) is 11.8 Å². The van der Waals surface area contributed by atoms with Gasteiger partial charge in [-0.25, -0.2) is 4.98 Å². The molecule has 1 fully saturated rings. The van der Waals surface area contributed by atoms with Gasteiger partial charge in [-0.1, -0.05) is 17.7 Å². The monoisotopic (exact) mass is 462 g/mol. The van der Waals surface area contributed by atoms with Crippen LogP contribution in [0.2, 0.25) is 5.02 Å². The molecular weight excluding hydrogens is 436 g/mol. The van der Waals surface area contributed by atoms with E-state index < -0.39 is 11.9 Å². The van der Waals surface area contributed by atoms with Crippen LogP contribution >= 0.6 is 11.6 Å². The molecule has 1 aliphatic rings. The number of aliphatic hydroxyl groups is 1. The van der Waals surface area contributed by atoms with Gasteiger partial charge in [0.25, 0.3) is 0 Å². The number of nitrogens with zero attached hydrogens (tertiary/aromatic N) is 3. The first-order chi connectivity index (χ1) is 15.5. The number of aliphatic hydroxyl groups excluding tert-OH is 1. The lowest BCUT2D eigenvalue weighted by molar-refractivity contribution is -0.137. The highest BCUT2D eigenvalue weighted by atomic mass is 35.5. The van der Waals surface area contributed by atoms with E-state index in [1.165, 1.54) is 0 Å². The second-order valence-electron chi connectivity index (χ2n) is 7.67. The van der Waals surface area contributed by atoms with E-state index in [0.717, 1.165) is 24.9 Å². The Morgan fingerprint density at radius 2 is 2.28 bits per heavy atom. The number of benzene rings is 1. The Bertz CT molecular complexity index is 958. The van der Waals surface area contributed by atoms with Crippen molar-refractivity contribution in [1.29, 1.82) is 0 Å². The van der Waals surface area contributed by atoms with Crippen molar-refractivity contribution >= 4 is 35.6 Å². The van der Waals surface area contributed by atoms with Crippen molar-refractivity contribution in [2.45, 2.75) is 44.2 Å². The van der Waals surface area contributed by atoms with Gasteiger partial charge in [0.1, 0.15) is 17.9 Å². The normalized spacial score (nSPS) is 16.6. The average molecular weight is 463 g/mol. The average Bonchev–Trinajstić information content (AvgIpc) is 3.26. The third-order valence-corrected chi connectivity index (χ3v) is 5.86. The van der Waals surface area contributed by atoms with Gasteiger partial charge in [-0.05, 0) is 30.5 Å². The molecule has 2 atom stereocenters. The Kier molecular flexibility index (Phi) is 8.24. The Labute approximate surface area is 191 Å². The van der Waals surface area contributed by atoms with Crippen molar-refractivity contribution in [1.82, 2.24) is 9.97 Å². The van der Waals surface area contributed by atoms with Crippen LogP contribution in [0.1, 0.15) is 42.7 Å². The molecule has 1 aromatic heterocycles. The Morgan fingerprint density at radius 1 is 1.47 bits per heavy atom. The largest absolute Gasteiger partial charge is 0.495 e. The molecule has 0 bridgehead atoms. The van der Waals surface area contributed by atoms with Crippen LogP contribution in [0.25, 0.3) is 0 Å². The van der Waals surface area contributed by atoms with Gasteiger partial charge in [-0.15, -0.1) is 0 Å². The molecule has 0 spiro atoms. The molecule has 2 heterocycles. The van der Waals surface area contributed by atoms with E-state index in [9.17, 15) is 19.8 Å². The highest BCUT2D eigenvalue weighted by molar-refractivity contribution is 6.32. The number of anilines is 2. The summed E-state index contributed by atoms with van der Waals surface area (Å²) in [6.07, 6.45) is 3.89. The number of ether oxygens (including phenoxy) is 1. The minimum Gasteiger partial charge on any atom is -0.495 e. The van der Waals surface area contributed by atoms with Crippen LogP contribution in [-0.2, 0) is 16.1 Å². The summed E-state index contributed by atoms with van der Waals surface area (Å²) >= 11 is 6.22. The molecule has 1 aromatic carbocycles. The van der Waals surface area contributed by atoms with Crippen molar-refractivity contribution in [2.24, 2.45) is 0 Å². The second-order valence-corrected chi connectivity index (χ2v) is 8.07. The zero-order valence-corrected chi connectivity index (χ0v) is 18.6. The number of nitrogens with one attached hydrogen (secondary N) is 1. The molecule has 0 radical (unpaired) electrons. The molecule has 1 aliphatic heterocycles. The number of aldehydes is 1. The van der Waals surface area contributed by atoms with E-state index >= 15 is 0 Å². The number of carbonyl (C=O) groups excluding carboxylic acids is 1. The molecule has 2 aromatic rings. The van der Waals surface area contributed by atoms with E-state index in [4.69, 9.17) is 16.3 Å². The summed E-state index contributed by atoms with van der Waals surface area (Å²) < 4.78 is 5.18. The second kappa shape index (κ2) is 11.1. The molecule has 0 saturated carbocycles. The molecule has 10 heteroatoms. The van der Waals surface area contributed by atoms with Crippen LogP contribution in [0.5, 0.6) is 5.75 Å². The minimum absolute atomic E-state index is 0.00496. The van der Waals surface area contributed by atoms with E-state index in [1.807, 2.05) is 11.0 Å². The molecule has 3 N–H and O–H groups in total. The predicted octanol–water partition coefficient (Wildman–Crippen LogP) is 2.86. The number of carboxylic acids is 1. The van der Waals surface area contributed by atoms with Gasteiger partial charge in [-0.2, -0.15) is 4.98 Å². The first-order valence-corrected chi connectivity index (χ1v) is 10.8. The van der Waals surface area contributed by atoms with Gasteiger partial charge >= 0.3 is 5.97 Å². The first kappa shape index (κ1) is 23.7. The van der Waals surface area contributed by atoms with Crippen LogP contribution in [0, 0.1) is 0 Å². The number of carboxylic acid groups (broad SMARTS) is 1. The van der Waals surface area contributed by atoms with Crippen molar-refractivity contribution in [2.75, 3.05) is 30.5 Å². The smallest absolute Gasteiger partial charge is 0.303 e. The summed E-state index contributed by atoms with van der Waals surface area (Å²) in [7, 11) is 1.54. The number of halogens is 1. The molecule has 1 saturated heterocycles. The van der Waals surface area contributed by atoms with Crippen LogP contribution in [0.3, 0.4) is 0 Å². The topological polar surface area (TPSA) is 125 Å². The zero-order valence-electron chi connectivity index (χ0n) is 17.8. The van der Waals surface area contributed by atoms with Crippen molar-refractivity contribution < 1.29 is 24.5 Å². The summed E-state index contributed by atoms with van der Waals surface area (Å²) in [5, 5.41) is 22.7. The van der Waals surface area contributed by atoms with Crippen LogP contribution in [0.15, 0.2) is 24.4 Å². The molecule has 0 aliphatic carbocycles. The number of carbonyl (C=O) groups is 2. The lowest BCUT2D eigenvalue weighted by Gasteiger charge is -2.25. The molecule has 9 nitrogen and oxygen atoms in total. The van der Waals surface area contributed by atoms with E-state index in [-0.39, 0.29) is 25.5 Å². The predicted molar refractivity (Wildman–Crippen MR) is 120 cm³/mol. The van der Waals surface area contributed by atoms with Gasteiger partial charge in [0.15, 0.2) is 0 Å². The third-order valence-electron chi connectivity index (χ3n) is 5.57. The van der Waals surface area contributed by atoms with E-state index in [0.29, 0.717) is 40.9 Å². The number of aliphatic carboxylic acids is 1. The van der Waals surface area contributed by atoms with E-state index in [2.05, 4.69) is 15.3 Å². The Morgan fingerprint density at radius 3 is 2.94 bits per heavy atom. The highest BCUT2D eigenvalue weighted by Crippen LogP contribution is 2.32. The number of hydrogen-bond donors (Lipinski definition) is 3.